The Balaban J connectivity index is 1.22. The zero-order valence-electron chi connectivity index (χ0n) is 14.7. The third-order valence-corrected chi connectivity index (χ3v) is 6.68. The summed E-state index contributed by atoms with van der Waals surface area (Å²) in [7, 11) is 0. The maximum Gasteiger partial charge on any atom is 0.225 e. The van der Waals surface area contributed by atoms with Gasteiger partial charge in [0, 0.05) is 36.8 Å². The Labute approximate surface area is 147 Å². The van der Waals surface area contributed by atoms with Gasteiger partial charge in [-0.25, -0.2) is 4.52 Å². The lowest BCUT2D eigenvalue weighted by atomic mass is 9.69. The maximum atomic E-state index is 12.5. The van der Waals surface area contributed by atoms with Gasteiger partial charge in [0.1, 0.15) is 0 Å². The van der Waals surface area contributed by atoms with E-state index < -0.39 is 5.60 Å². The first-order chi connectivity index (χ1) is 11.9. The minimum Gasteiger partial charge on any atom is -0.390 e. The van der Waals surface area contributed by atoms with Gasteiger partial charge in [-0.1, -0.05) is 0 Å². The molecule has 5 nitrogen and oxygen atoms in total. The Hall–Kier alpha value is -1.88. The van der Waals surface area contributed by atoms with Gasteiger partial charge in [0.15, 0.2) is 0 Å². The highest BCUT2D eigenvalue weighted by molar-refractivity contribution is 5.81. The van der Waals surface area contributed by atoms with Crippen LogP contribution in [-0.2, 0) is 4.79 Å². The first-order valence-corrected chi connectivity index (χ1v) is 9.38. The molecule has 3 aliphatic rings. The Morgan fingerprint density at radius 1 is 1.28 bits per heavy atom. The Kier molecular flexibility index (Phi) is 3.12. The standard InChI is InChI=1S/C20H25N3O2/c1-19(25)9-16(10-19)18(24)22-12-20(13-22)5-2-15(11-20)14-4-7-23-17(8-14)3-6-21-23/h3-4,6-8,15-16,25H,2,5,9-13H2,1H3/t15-,16?,19?/m1/s1. The number of hydrogen-bond acceptors (Lipinski definition) is 3. The van der Waals surface area contributed by atoms with Gasteiger partial charge in [-0.3, -0.25) is 4.79 Å². The number of likely N-dealkylation sites (tertiary alicyclic amines) is 1. The van der Waals surface area contributed by atoms with Crippen molar-refractivity contribution in [1.29, 1.82) is 0 Å². The Morgan fingerprint density at radius 2 is 2.08 bits per heavy atom. The number of nitrogens with zero attached hydrogens (tertiary/aromatic N) is 3. The smallest absolute Gasteiger partial charge is 0.225 e. The molecule has 0 bridgehead atoms. The van der Waals surface area contributed by atoms with Gasteiger partial charge < -0.3 is 10.0 Å². The van der Waals surface area contributed by atoms with Crippen LogP contribution in [0.1, 0.15) is 50.5 Å². The largest absolute Gasteiger partial charge is 0.390 e. The number of carbonyl (C=O) groups is 1. The van der Waals surface area contributed by atoms with Crippen molar-refractivity contribution < 1.29 is 9.90 Å². The van der Waals surface area contributed by atoms with Crippen molar-refractivity contribution in [3.8, 4) is 0 Å². The summed E-state index contributed by atoms with van der Waals surface area (Å²) in [6.07, 6.45) is 8.76. The van der Waals surface area contributed by atoms with E-state index in [9.17, 15) is 9.90 Å². The minimum absolute atomic E-state index is 0.0498. The van der Waals surface area contributed by atoms with Crippen molar-refractivity contribution in [2.24, 2.45) is 11.3 Å². The lowest BCUT2D eigenvalue weighted by Gasteiger charge is -2.52. The predicted molar refractivity (Wildman–Crippen MR) is 94.1 cm³/mol. The van der Waals surface area contributed by atoms with Gasteiger partial charge in [0.2, 0.25) is 5.91 Å². The summed E-state index contributed by atoms with van der Waals surface area (Å²) in [6, 6.07) is 6.50. The molecule has 0 unspecified atom stereocenters. The number of pyridine rings is 1. The molecule has 132 valence electrons. The molecular formula is C20H25N3O2. The van der Waals surface area contributed by atoms with Crippen LogP contribution >= 0.6 is 0 Å². The van der Waals surface area contributed by atoms with Crippen LogP contribution in [0.3, 0.4) is 0 Å². The summed E-state index contributed by atoms with van der Waals surface area (Å²) in [5.41, 5.74) is 2.28. The zero-order valence-corrected chi connectivity index (χ0v) is 14.7. The van der Waals surface area contributed by atoms with Crippen molar-refractivity contribution in [3.63, 3.8) is 0 Å². The SMILES string of the molecule is CC1(O)CC(C(=O)N2CC3(CC[C@@H](c4ccn5nccc5c4)C3)C2)C1. The molecule has 3 heterocycles. The van der Waals surface area contributed by atoms with E-state index in [2.05, 4.69) is 23.4 Å². The van der Waals surface area contributed by atoms with E-state index in [0.717, 1.165) is 18.6 Å². The summed E-state index contributed by atoms with van der Waals surface area (Å²) < 4.78 is 1.91. The van der Waals surface area contributed by atoms with E-state index in [-0.39, 0.29) is 11.8 Å². The lowest BCUT2D eigenvalue weighted by molar-refractivity contribution is -0.161. The molecule has 1 N–H and O–H groups in total. The van der Waals surface area contributed by atoms with Gasteiger partial charge in [-0.05, 0) is 68.7 Å². The normalized spacial score (nSPS) is 33.4. The second kappa shape index (κ2) is 5.07. The van der Waals surface area contributed by atoms with Crippen molar-refractivity contribution in [1.82, 2.24) is 14.5 Å². The molecule has 25 heavy (non-hydrogen) atoms. The number of aromatic nitrogens is 2. The highest BCUT2D eigenvalue weighted by Gasteiger charge is 2.53. The fourth-order valence-corrected chi connectivity index (χ4v) is 5.33. The molecule has 2 aromatic rings. The van der Waals surface area contributed by atoms with E-state index in [1.807, 2.05) is 28.6 Å². The summed E-state index contributed by atoms with van der Waals surface area (Å²) in [6.45, 7) is 3.65. The van der Waals surface area contributed by atoms with E-state index in [1.54, 1.807) is 0 Å². The Bertz CT molecular complexity index is 826. The van der Waals surface area contributed by atoms with Crippen LogP contribution in [0.4, 0.5) is 0 Å². The van der Waals surface area contributed by atoms with Gasteiger partial charge in [0.05, 0.1) is 11.1 Å². The van der Waals surface area contributed by atoms with E-state index in [0.29, 0.717) is 24.2 Å². The van der Waals surface area contributed by atoms with Gasteiger partial charge in [-0.15, -0.1) is 0 Å². The predicted octanol–water partition coefficient (Wildman–Crippen LogP) is 2.59. The summed E-state index contributed by atoms with van der Waals surface area (Å²) >= 11 is 0. The number of amides is 1. The monoisotopic (exact) mass is 339 g/mol. The molecule has 1 spiro atoms. The molecule has 2 saturated carbocycles. The number of hydrogen-bond donors (Lipinski definition) is 1. The molecule has 1 aliphatic heterocycles. The topological polar surface area (TPSA) is 57.8 Å². The number of rotatable bonds is 2. The average molecular weight is 339 g/mol. The fourth-order valence-electron chi connectivity index (χ4n) is 5.33. The second-order valence-corrected chi connectivity index (χ2v) is 8.90. The maximum absolute atomic E-state index is 12.5. The molecule has 1 saturated heterocycles. The molecule has 0 radical (unpaired) electrons. The molecule has 5 heteroatoms. The molecule has 1 atom stereocenters. The molecule has 2 aromatic heterocycles. The van der Waals surface area contributed by atoms with Gasteiger partial charge >= 0.3 is 0 Å². The molecule has 0 aromatic carbocycles. The average Bonchev–Trinajstić information content (AvgIpc) is 3.16. The van der Waals surface area contributed by atoms with Crippen LogP contribution in [0.25, 0.3) is 5.52 Å². The summed E-state index contributed by atoms with van der Waals surface area (Å²) in [5.74, 6) is 0.914. The minimum atomic E-state index is -0.617. The van der Waals surface area contributed by atoms with Crippen LogP contribution in [-0.4, -0.2) is 44.2 Å². The van der Waals surface area contributed by atoms with Gasteiger partial charge in [-0.2, -0.15) is 5.10 Å². The highest BCUT2D eigenvalue weighted by atomic mass is 16.3. The van der Waals surface area contributed by atoms with Crippen molar-refractivity contribution in [2.75, 3.05) is 13.1 Å². The van der Waals surface area contributed by atoms with Crippen LogP contribution in [0.2, 0.25) is 0 Å². The molecule has 5 rings (SSSR count). The van der Waals surface area contributed by atoms with E-state index >= 15 is 0 Å². The first kappa shape index (κ1) is 15.4. The molecule has 3 fully saturated rings. The second-order valence-electron chi connectivity index (χ2n) is 8.90. The van der Waals surface area contributed by atoms with Crippen LogP contribution in [0, 0.1) is 11.3 Å². The van der Waals surface area contributed by atoms with Crippen molar-refractivity contribution in [3.05, 3.63) is 36.2 Å². The first-order valence-electron chi connectivity index (χ1n) is 9.38. The molecule has 1 amide bonds. The number of fused-ring (bicyclic) bond motifs is 1. The van der Waals surface area contributed by atoms with E-state index in [4.69, 9.17) is 0 Å². The molecule has 2 aliphatic carbocycles. The number of aliphatic hydroxyl groups is 1. The lowest BCUT2D eigenvalue weighted by Crippen LogP contribution is -2.61. The van der Waals surface area contributed by atoms with Gasteiger partial charge in [0.25, 0.3) is 0 Å². The van der Waals surface area contributed by atoms with Crippen LogP contribution in [0.5, 0.6) is 0 Å². The zero-order chi connectivity index (χ0) is 17.2. The third kappa shape index (κ3) is 2.48. The quantitative estimate of drug-likeness (QED) is 0.915. The number of carbonyl (C=O) groups excluding carboxylic acids is 1. The highest BCUT2D eigenvalue weighted by Crippen LogP contribution is 2.52. The fraction of sp³-hybridized carbons (Fsp3) is 0.600. The van der Waals surface area contributed by atoms with Crippen molar-refractivity contribution in [2.45, 2.75) is 50.5 Å². The van der Waals surface area contributed by atoms with E-state index in [1.165, 1.54) is 24.8 Å². The third-order valence-electron chi connectivity index (χ3n) is 6.68. The van der Waals surface area contributed by atoms with Crippen LogP contribution in [0.15, 0.2) is 30.6 Å². The molecular weight excluding hydrogens is 314 g/mol. The summed E-state index contributed by atoms with van der Waals surface area (Å²) in [4.78, 5) is 14.5. The summed E-state index contributed by atoms with van der Waals surface area (Å²) in [5, 5.41) is 14.1. The Morgan fingerprint density at radius 3 is 2.84 bits per heavy atom. The van der Waals surface area contributed by atoms with Crippen molar-refractivity contribution >= 4 is 11.4 Å². The van der Waals surface area contributed by atoms with Crippen LogP contribution < -0.4 is 0 Å².